The van der Waals surface area contributed by atoms with E-state index in [0.717, 1.165) is 35.4 Å². The zero-order valence-electron chi connectivity index (χ0n) is 16.2. The van der Waals surface area contributed by atoms with Crippen molar-refractivity contribution in [2.45, 2.75) is 18.7 Å². The molecule has 1 amide bonds. The van der Waals surface area contributed by atoms with Crippen LogP contribution in [0.2, 0.25) is 0 Å². The number of amides is 1. The molecule has 1 aliphatic heterocycles. The van der Waals surface area contributed by atoms with Gasteiger partial charge in [-0.15, -0.1) is 0 Å². The molecule has 1 fully saturated rings. The highest BCUT2D eigenvalue weighted by Gasteiger charge is 2.29. The maximum absolute atomic E-state index is 13.7. The molecule has 154 valence electrons. The van der Waals surface area contributed by atoms with E-state index >= 15 is 0 Å². The largest absolute Gasteiger partial charge is 0.337 e. The molecular weight excluding hydrogens is 398 g/mol. The molecule has 0 unspecified atom stereocenters. The molecule has 5 nitrogen and oxygen atoms in total. The number of hydrogen-bond acceptors (Lipinski definition) is 3. The number of benzene rings is 2. The highest BCUT2D eigenvalue weighted by Crippen LogP contribution is 2.21. The standard InChI is InChI=1S/C21H22F2N2O3S/c1-15-6-7-17(14-16(15)2)29(27,28)25-12-10-24(11-13-25)21(26)9-8-18-19(22)4-3-5-20(18)23/h3-9,14H,10-13H2,1-2H3/b9-8+. The monoisotopic (exact) mass is 420 g/mol. The number of aryl methyl sites for hydroxylation is 2. The van der Waals surface area contributed by atoms with E-state index < -0.39 is 27.6 Å². The first-order chi connectivity index (χ1) is 13.7. The van der Waals surface area contributed by atoms with E-state index in [-0.39, 0.29) is 36.6 Å². The Morgan fingerprint density at radius 2 is 1.59 bits per heavy atom. The summed E-state index contributed by atoms with van der Waals surface area (Å²) in [4.78, 5) is 14.0. The van der Waals surface area contributed by atoms with Gasteiger partial charge < -0.3 is 4.90 Å². The summed E-state index contributed by atoms with van der Waals surface area (Å²) in [7, 11) is -3.64. The molecule has 0 aromatic heterocycles. The van der Waals surface area contributed by atoms with Crippen molar-refractivity contribution in [1.29, 1.82) is 0 Å². The molecule has 1 saturated heterocycles. The van der Waals surface area contributed by atoms with Crippen molar-refractivity contribution in [3.63, 3.8) is 0 Å². The van der Waals surface area contributed by atoms with E-state index in [9.17, 15) is 22.0 Å². The third-order valence-electron chi connectivity index (χ3n) is 5.06. The van der Waals surface area contributed by atoms with Crippen LogP contribution in [0.3, 0.4) is 0 Å². The van der Waals surface area contributed by atoms with E-state index in [0.29, 0.717) is 0 Å². The van der Waals surface area contributed by atoms with Gasteiger partial charge in [-0.25, -0.2) is 17.2 Å². The van der Waals surface area contributed by atoms with Crippen LogP contribution in [0.25, 0.3) is 6.08 Å². The maximum Gasteiger partial charge on any atom is 0.246 e. The molecule has 2 aromatic rings. The van der Waals surface area contributed by atoms with Crippen molar-refractivity contribution in [1.82, 2.24) is 9.21 Å². The minimum absolute atomic E-state index is 0.156. The highest BCUT2D eigenvalue weighted by molar-refractivity contribution is 7.89. The first kappa shape index (κ1) is 21.1. The number of hydrogen-bond donors (Lipinski definition) is 0. The fourth-order valence-corrected chi connectivity index (χ4v) is 4.61. The minimum atomic E-state index is -3.64. The molecule has 1 heterocycles. The lowest BCUT2D eigenvalue weighted by Crippen LogP contribution is -2.50. The zero-order chi connectivity index (χ0) is 21.2. The second-order valence-corrected chi connectivity index (χ2v) is 8.88. The van der Waals surface area contributed by atoms with Gasteiger partial charge in [-0.2, -0.15) is 4.31 Å². The van der Waals surface area contributed by atoms with Crippen molar-refractivity contribution < 1.29 is 22.0 Å². The highest BCUT2D eigenvalue weighted by atomic mass is 32.2. The first-order valence-corrected chi connectivity index (χ1v) is 10.6. The Morgan fingerprint density at radius 1 is 0.966 bits per heavy atom. The Bertz CT molecular complexity index is 1040. The van der Waals surface area contributed by atoms with Gasteiger partial charge in [-0.3, -0.25) is 4.79 Å². The molecule has 0 saturated carbocycles. The van der Waals surface area contributed by atoms with Gasteiger partial charge in [0.2, 0.25) is 15.9 Å². The summed E-state index contributed by atoms with van der Waals surface area (Å²) in [5.74, 6) is -1.92. The summed E-state index contributed by atoms with van der Waals surface area (Å²) in [6, 6.07) is 8.48. The molecule has 0 atom stereocenters. The molecule has 1 aliphatic rings. The topological polar surface area (TPSA) is 57.7 Å². The van der Waals surface area contributed by atoms with E-state index in [2.05, 4.69) is 0 Å². The lowest BCUT2D eigenvalue weighted by atomic mass is 10.1. The molecule has 0 bridgehead atoms. The van der Waals surface area contributed by atoms with E-state index in [4.69, 9.17) is 0 Å². The van der Waals surface area contributed by atoms with Crippen LogP contribution in [0.1, 0.15) is 16.7 Å². The smallest absolute Gasteiger partial charge is 0.246 e. The van der Waals surface area contributed by atoms with Crippen LogP contribution in [0.4, 0.5) is 8.78 Å². The molecule has 2 aromatic carbocycles. The van der Waals surface area contributed by atoms with Crippen LogP contribution < -0.4 is 0 Å². The summed E-state index contributed by atoms with van der Waals surface area (Å²) in [5.41, 5.74) is 1.62. The van der Waals surface area contributed by atoms with Gasteiger partial charge in [-0.05, 0) is 55.3 Å². The lowest BCUT2D eigenvalue weighted by Gasteiger charge is -2.33. The summed E-state index contributed by atoms with van der Waals surface area (Å²) in [5, 5.41) is 0. The van der Waals surface area contributed by atoms with E-state index in [1.807, 2.05) is 13.8 Å². The van der Waals surface area contributed by atoms with Gasteiger partial charge in [0.05, 0.1) is 4.90 Å². The van der Waals surface area contributed by atoms with Gasteiger partial charge in [0.25, 0.3) is 0 Å². The molecule has 0 radical (unpaired) electrons. The van der Waals surface area contributed by atoms with Crippen LogP contribution >= 0.6 is 0 Å². The second kappa shape index (κ2) is 8.42. The van der Waals surface area contributed by atoms with Gasteiger partial charge in [0, 0.05) is 37.8 Å². The fraction of sp³-hybridized carbons (Fsp3) is 0.286. The third kappa shape index (κ3) is 4.54. The number of rotatable bonds is 4. The number of nitrogens with zero attached hydrogens (tertiary/aromatic N) is 2. The maximum atomic E-state index is 13.7. The van der Waals surface area contributed by atoms with Crippen molar-refractivity contribution in [2.75, 3.05) is 26.2 Å². The van der Waals surface area contributed by atoms with Crippen molar-refractivity contribution in [2.24, 2.45) is 0 Å². The lowest BCUT2D eigenvalue weighted by molar-refractivity contribution is -0.127. The summed E-state index contributed by atoms with van der Waals surface area (Å²) in [6.07, 6.45) is 2.21. The van der Waals surface area contributed by atoms with Crippen molar-refractivity contribution in [3.05, 3.63) is 70.8 Å². The Balaban J connectivity index is 1.66. The fourth-order valence-electron chi connectivity index (χ4n) is 3.10. The van der Waals surface area contributed by atoms with Gasteiger partial charge in [0.15, 0.2) is 0 Å². The Morgan fingerprint density at radius 3 is 2.17 bits per heavy atom. The van der Waals surface area contributed by atoms with Crippen molar-refractivity contribution in [3.8, 4) is 0 Å². The number of carbonyl (C=O) groups excluding carboxylic acids is 1. The molecule has 0 aliphatic carbocycles. The second-order valence-electron chi connectivity index (χ2n) is 6.94. The average molecular weight is 420 g/mol. The summed E-state index contributed by atoms with van der Waals surface area (Å²) in [6.45, 7) is 4.48. The summed E-state index contributed by atoms with van der Waals surface area (Å²) < 4.78 is 54.3. The molecular formula is C21H22F2N2O3S. The number of piperazine rings is 1. The van der Waals surface area contributed by atoms with Crippen molar-refractivity contribution >= 4 is 22.0 Å². The molecule has 3 rings (SSSR count). The van der Waals surface area contributed by atoms with E-state index in [1.54, 1.807) is 18.2 Å². The molecule has 8 heteroatoms. The van der Waals surface area contributed by atoms with Gasteiger partial charge in [-0.1, -0.05) is 12.1 Å². The van der Waals surface area contributed by atoms with E-state index in [1.165, 1.54) is 15.3 Å². The Hall–Kier alpha value is -2.58. The molecule has 0 N–H and O–H groups in total. The SMILES string of the molecule is Cc1ccc(S(=O)(=O)N2CCN(C(=O)/C=C/c3c(F)cccc3F)CC2)cc1C. The Kier molecular flexibility index (Phi) is 6.14. The quantitative estimate of drug-likeness (QED) is 0.714. The average Bonchev–Trinajstić information content (AvgIpc) is 2.69. The number of halogens is 2. The van der Waals surface area contributed by atoms with Gasteiger partial charge >= 0.3 is 0 Å². The minimum Gasteiger partial charge on any atom is -0.337 e. The van der Waals surface area contributed by atoms with Crippen LogP contribution in [-0.4, -0.2) is 49.7 Å². The molecule has 29 heavy (non-hydrogen) atoms. The van der Waals surface area contributed by atoms with Crippen LogP contribution in [0, 0.1) is 25.5 Å². The predicted octanol–water partition coefficient (Wildman–Crippen LogP) is 3.13. The predicted molar refractivity (Wildman–Crippen MR) is 107 cm³/mol. The number of sulfonamides is 1. The Labute approximate surface area is 169 Å². The van der Waals surface area contributed by atoms with Gasteiger partial charge in [0.1, 0.15) is 11.6 Å². The van der Waals surface area contributed by atoms with Crippen LogP contribution in [0.15, 0.2) is 47.4 Å². The third-order valence-corrected chi connectivity index (χ3v) is 6.95. The van der Waals surface area contributed by atoms with Crippen LogP contribution in [0.5, 0.6) is 0 Å². The summed E-state index contributed by atoms with van der Waals surface area (Å²) >= 11 is 0. The zero-order valence-corrected chi connectivity index (χ0v) is 17.0. The first-order valence-electron chi connectivity index (χ1n) is 9.18. The van der Waals surface area contributed by atoms with Crippen LogP contribution in [-0.2, 0) is 14.8 Å². The molecule has 0 spiro atoms. The normalized spacial score (nSPS) is 15.8. The number of carbonyl (C=O) groups is 1.